The number of aryl methyl sites for hydroxylation is 1. The minimum atomic E-state index is -0.262. The van der Waals surface area contributed by atoms with Crippen LogP contribution in [0, 0.1) is 5.82 Å². The zero-order valence-electron chi connectivity index (χ0n) is 10.9. The summed E-state index contributed by atoms with van der Waals surface area (Å²) in [6, 6.07) is 11.1. The maximum Gasteiger partial charge on any atom is 0.130 e. The smallest absolute Gasteiger partial charge is 0.130 e. The van der Waals surface area contributed by atoms with Gasteiger partial charge in [0.2, 0.25) is 0 Å². The van der Waals surface area contributed by atoms with E-state index >= 15 is 0 Å². The fraction of sp³-hybridized carbons (Fsp3) is 0.250. The van der Waals surface area contributed by atoms with E-state index in [1.54, 1.807) is 6.07 Å². The summed E-state index contributed by atoms with van der Waals surface area (Å²) in [5.74, 6) is 0.503. The predicted molar refractivity (Wildman–Crippen MR) is 80.1 cm³/mol. The Labute approximate surface area is 125 Å². The van der Waals surface area contributed by atoms with Gasteiger partial charge in [-0.3, -0.25) is 0 Å². The molecule has 1 atom stereocenters. The quantitative estimate of drug-likeness (QED) is 0.915. The number of fused-ring (bicyclic) bond motifs is 1. The van der Waals surface area contributed by atoms with Crippen LogP contribution in [-0.2, 0) is 13.0 Å². The molecule has 0 aliphatic heterocycles. The first-order valence-electron chi connectivity index (χ1n) is 6.58. The van der Waals surface area contributed by atoms with Crippen molar-refractivity contribution in [3.63, 3.8) is 0 Å². The molecule has 20 heavy (non-hydrogen) atoms. The van der Waals surface area contributed by atoms with Gasteiger partial charge in [0.05, 0.1) is 0 Å². The van der Waals surface area contributed by atoms with E-state index in [-0.39, 0.29) is 18.5 Å². The zero-order chi connectivity index (χ0) is 14.1. The van der Waals surface area contributed by atoms with Gasteiger partial charge in [0.1, 0.15) is 18.2 Å². The Morgan fingerprint density at radius 2 is 2.10 bits per heavy atom. The Balaban J connectivity index is 1.73. The van der Waals surface area contributed by atoms with E-state index in [1.165, 1.54) is 17.2 Å². The lowest BCUT2D eigenvalue weighted by atomic mass is 10.1. The molecule has 1 aliphatic carbocycles. The molecule has 0 amide bonds. The maximum absolute atomic E-state index is 13.7. The van der Waals surface area contributed by atoms with Crippen LogP contribution in [0.25, 0.3) is 0 Å². The van der Waals surface area contributed by atoms with E-state index in [9.17, 15) is 4.39 Å². The fourth-order valence-corrected chi connectivity index (χ4v) is 2.85. The summed E-state index contributed by atoms with van der Waals surface area (Å²) in [7, 11) is 0. The van der Waals surface area contributed by atoms with Crippen LogP contribution in [0.15, 0.2) is 40.9 Å². The van der Waals surface area contributed by atoms with Gasteiger partial charge < -0.3 is 10.5 Å². The highest BCUT2D eigenvalue weighted by Crippen LogP contribution is 2.32. The van der Waals surface area contributed by atoms with Crippen LogP contribution in [0.2, 0.25) is 0 Å². The molecule has 0 aromatic heterocycles. The Hall–Kier alpha value is -1.39. The van der Waals surface area contributed by atoms with Gasteiger partial charge in [-0.15, -0.1) is 0 Å². The summed E-state index contributed by atoms with van der Waals surface area (Å²) < 4.78 is 20.1. The average Bonchev–Trinajstić information content (AvgIpc) is 2.79. The van der Waals surface area contributed by atoms with E-state index in [0.717, 1.165) is 23.1 Å². The van der Waals surface area contributed by atoms with Gasteiger partial charge in [-0.25, -0.2) is 4.39 Å². The minimum Gasteiger partial charge on any atom is -0.489 e. The maximum atomic E-state index is 13.7. The van der Waals surface area contributed by atoms with Gasteiger partial charge in [0.15, 0.2) is 0 Å². The van der Waals surface area contributed by atoms with Crippen LogP contribution >= 0.6 is 15.9 Å². The third-order valence-electron chi connectivity index (χ3n) is 3.65. The Kier molecular flexibility index (Phi) is 3.76. The van der Waals surface area contributed by atoms with Crippen molar-refractivity contribution in [2.24, 2.45) is 5.73 Å². The van der Waals surface area contributed by atoms with Crippen LogP contribution in [0.5, 0.6) is 5.75 Å². The standard InChI is InChI=1S/C16H15BrFNO/c17-12-3-1-11(15(18)8-12)9-20-13-4-5-14-10(7-13)2-6-16(14)19/h1,3-5,7-8,16H,2,6,9,19H2/t16-/m1/s1. The molecule has 0 spiro atoms. The normalized spacial score (nSPS) is 17.1. The average molecular weight is 336 g/mol. The molecule has 4 heteroatoms. The lowest BCUT2D eigenvalue weighted by Gasteiger charge is -2.10. The fourth-order valence-electron chi connectivity index (χ4n) is 2.52. The molecule has 0 fully saturated rings. The number of rotatable bonds is 3. The first-order chi connectivity index (χ1) is 9.63. The lowest BCUT2D eigenvalue weighted by Crippen LogP contribution is -2.05. The molecular weight excluding hydrogens is 321 g/mol. The summed E-state index contributed by atoms with van der Waals surface area (Å²) in [6.07, 6.45) is 1.97. The first-order valence-corrected chi connectivity index (χ1v) is 7.38. The molecule has 0 saturated carbocycles. The zero-order valence-corrected chi connectivity index (χ0v) is 12.5. The Bertz CT molecular complexity index is 644. The van der Waals surface area contributed by atoms with Crippen LogP contribution < -0.4 is 10.5 Å². The first kappa shape index (κ1) is 13.6. The molecule has 2 N–H and O–H groups in total. The second kappa shape index (κ2) is 5.54. The summed E-state index contributed by atoms with van der Waals surface area (Å²) in [5, 5.41) is 0. The van der Waals surface area contributed by atoms with Crippen LogP contribution in [0.3, 0.4) is 0 Å². The summed E-state index contributed by atoms with van der Waals surface area (Å²) in [5.41, 5.74) is 8.99. The molecular formula is C16H15BrFNO. The number of nitrogens with two attached hydrogens (primary N) is 1. The van der Waals surface area contributed by atoms with E-state index in [0.29, 0.717) is 5.56 Å². The largest absolute Gasteiger partial charge is 0.489 e. The van der Waals surface area contributed by atoms with Crippen molar-refractivity contribution in [1.29, 1.82) is 0 Å². The van der Waals surface area contributed by atoms with Crippen molar-refractivity contribution in [2.45, 2.75) is 25.5 Å². The molecule has 2 aromatic carbocycles. The third kappa shape index (κ3) is 2.72. The number of hydrogen-bond donors (Lipinski definition) is 1. The highest BCUT2D eigenvalue weighted by Gasteiger charge is 2.19. The van der Waals surface area contributed by atoms with Gasteiger partial charge in [0.25, 0.3) is 0 Å². The summed E-state index contributed by atoms with van der Waals surface area (Å²) in [6.45, 7) is 0.226. The molecule has 0 unspecified atom stereocenters. The predicted octanol–water partition coefficient (Wildman–Crippen LogP) is 4.11. The molecule has 0 saturated heterocycles. The van der Waals surface area contributed by atoms with E-state index in [2.05, 4.69) is 15.9 Å². The van der Waals surface area contributed by atoms with E-state index in [1.807, 2.05) is 24.3 Å². The Morgan fingerprint density at radius 1 is 1.25 bits per heavy atom. The molecule has 0 radical (unpaired) electrons. The monoisotopic (exact) mass is 335 g/mol. The highest BCUT2D eigenvalue weighted by molar-refractivity contribution is 9.10. The van der Waals surface area contributed by atoms with Gasteiger partial charge in [-0.2, -0.15) is 0 Å². The van der Waals surface area contributed by atoms with Gasteiger partial charge in [-0.05, 0) is 48.2 Å². The van der Waals surface area contributed by atoms with Gasteiger partial charge >= 0.3 is 0 Å². The SMILES string of the molecule is N[C@@H]1CCc2cc(OCc3ccc(Br)cc3F)ccc21. The van der Waals surface area contributed by atoms with Crippen LogP contribution in [0.4, 0.5) is 4.39 Å². The van der Waals surface area contributed by atoms with Crippen molar-refractivity contribution in [2.75, 3.05) is 0 Å². The van der Waals surface area contributed by atoms with Crippen LogP contribution in [0.1, 0.15) is 29.2 Å². The lowest BCUT2D eigenvalue weighted by molar-refractivity contribution is 0.299. The molecule has 0 heterocycles. The Morgan fingerprint density at radius 3 is 2.90 bits per heavy atom. The van der Waals surface area contributed by atoms with E-state index < -0.39 is 0 Å². The summed E-state index contributed by atoms with van der Waals surface area (Å²) in [4.78, 5) is 0. The minimum absolute atomic E-state index is 0.142. The van der Waals surface area contributed by atoms with E-state index in [4.69, 9.17) is 10.5 Å². The van der Waals surface area contributed by atoms with Crippen LogP contribution in [-0.4, -0.2) is 0 Å². The topological polar surface area (TPSA) is 35.2 Å². The molecule has 0 bridgehead atoms. The second-order valence-corrected chi connectivity index (χ2v) is 5.95. The third-order valence-corrected chi connectivity index (χ3v) is 4.14. The van der Waals surface area contributed by atoms with Gasteiger partial charge in [-0.1, -0.05) is 28.1 Å². The molecule has 3 rings (SSSR count). The molecule has 1 aliphatic rings. The number of benzene rings is 2. The van der Waals surface area contributed by atoms with Gasteiger partial charge in [0, 0.05) is 16.1 Å². The number of ether oxygens (including phenoxy) is 1. The molecule has 2 nitrogen and oxygen atoms in total. The van der Waals surface area contributed by atoms with Crippen molar-refractivity contribution in [3.05, 3.63) is 63.4 Å². The highest BCUT2D eigenvalue weighted by atomic mass is 79.9. The molecule has 104 valence electrons. The van der Waals surface area contributed by atoms with Crippen molar-refractivity contribution < 1.29 is 9.13 Å². The molecule has 2 aromatic rings. The second-order valence-electron chi connectivity index (χ2n) is 5.03. The van der Waals surface area contributed by atoms with Crippen molar-refractivity contribution >= 4 is 15.9 Å². The summed E-state index contributed by atoms with van der Waals surface area (Å²) >= 11 is 3.24. The van der Waals surface area contributed by atoms with Crippen molar-refractivity contribution in [1.82, 2.24) is 0 Å². The van der Waals surface area contributed by atoms with Crippen molar-refractivity contribution in [3.8, 4) is 5.75 Å². The number of hydrogen-bond acceptors (Lipinski definition) is 2. The number of halogens is 2.